The number of aromatic amines is 1. The zero-order valence-corrected chi connectivity index (χ0v) is 14.3. The Kier molecular flexibility index (Phi) is 5.98. The molecule has 2 rings (SSSR count). The lowest BCUT2D eigenvalue weighted by atomic mass is 9.98. The Labute approximate surface area is 141 Å². The molecule has 4 N–H and O–H groups in total. The number of benzene rings is 1. The summed E-state index contributed by atoms with van der Waals surface area (Å²) in [5, 5.41) is 3.69. The van der Waals surface area contributed by atoms with Crippen LogP contribution < -0.4 is 11.1 Å². The normalized spacial score (nSPS) is 13.7. The Bertz CT molecular complexity index is 710. The van der Waals surface area contributed by atoms with Gasteiger partial charge in [0.05, 0.1) is 13.2 Å². The summed E-state index contributed by atoms with van der Waals surface area (Å²) in [4.78, 5) is 27.4. The molecule has 1 aromatic heterocycles. The highest BCUT2D eigenvalue weighted by molar-refractivity contribution is 5.93. The van der Waals surface area contributed by atoms with Crippen molar-refractivity contribution in [1.29, 1.82) is 0 Å². The molecule has 6 heteroatoms. The number of amides is 1. The first-order chi connectivity index (χ1) is 11.5. The van der Waals surface area contributed by atoms with E-state index in [1.807, 2.05) is 44.3 Å². The highest BCUT2D eigenvalue weighted by Gasteiger charge is 2.30. The van der Waals surface area contributed by atoms with Crippen molar-refractivity contribution in [2.75, 3.05) is 7.11 Å². The minimum absolute atomic E-state index is 0.110. The molecule has 6 nitrogen and oxygen atoms in total. The monoisotopic (exact) mass is 330 g/mol. The molecular weight excluding hydrogens is 306 g/mol. The molecule has 0 saturated carbocycles. The Balaban J connectivity index is 2.07. The topological polar surface area (TPSA) is 97.2 Å². The molecule has 1 amide bonds. The summed E-state index contributed by atoms with van der Waals surface area (Å²) in [6, 6.07) is 7.33. The van der Waals surface area contributed by atoms with Gasteiger partial charge in [-0.25, -0.2) is 4.79 Å². The zero-order valence-electron chi connectivity index (χ0n) is 14.3. The summed E-state index contributed by atoms with van der Waals surface area (Å²) < 4.78 is 4.74. The number of hydrogen-bond acceptors (Lipinski definition) is 4. The van der Waals surface area contributed by atoms with E-state index >= 15 is 0 Å². The predicted octanol–water partition coefficient (Wildman–Crippen LogP) is 1.90. The van der Waals surface area contributed by atoms with Crippen molar-refractivity contribution < 1.29 is 14.3 Å². The van der Waals surface area contributed by atoms with Crippen LogP contribution in [0.15, 0.2) is 30.5 Å². The summed E-state index contributed by atoms with van der Waals surface area (Å²) >= 11 is 0. The van der Waals surface area contributed by atoms with Crippen molar-refractivity contribution in [3.63, 3.8) is 0 Å². The van der Waals surface area contributed by atoms with Gasteiger partial charge in [-0.2, -0.15) is 0 Å². The number of carbonyl (C=O) groups is 2. The van der Waals surface area contributed by atoms with Crippen LogP contribution in [0.1, 0.15) is 25.8 Å². The van der Waals surface area contributed by atoms with Crippen LogP contribution in [0.4, 0.5) is 0 Å². The molecule has 129 valence electrons. The van der Waals surface area contributed by atoms with Crippen molar-refractivity contribution >= 4 is 22.8 Å². The molecule has 2 atom stereocenters. The van der Waals surface area contributed by atoms with E-state index < -0.39 is 12.0 Å². The lowest BCUT2D eigenvalue weighted by Gasteiger charge is -2.22. The van der Waals surface area contributed by atoms with Crippen molar-refractivity contribution in [3.05, 3.63) is 42.1 Å². The van der Waals surface area contributed by atoms with Crippen LogP contribution >= 0.6 is 0 Å². The van der Waals surface area contributed by atoms with Crippen LogP contribution in [0.3, 0.4) is 0 Å². The third-order valence-corrected chi connectivity index (χ3v) is 4.22. The third kappa shape index (κ3) is 3.94. The van der Waals surface area contributed by atoms with E-state index in [2.05, 4.69) is 10.3 Å². The molecule has 0 aliphatic rings. The van der Waals surface area contributed by atoms with Crippen LogP contribution in [0.5, 0.6) is 0 Å². The molecule has 1 radical (unpaired) electrons. The number of nitrogens with two attached hydrogens (primary N) is 1. The van der Waals surface area contributed by atoms with Gasteiger partial charge in [-0.15, -0.1) is 0 Å². The van der Waals surface area contributed by atoms with Crippen molar-refractivity contribution in [1.82, 2.24) is 10.3 Å². The predicted molar refractivity (Wildman–Crippen MR) is 92.8 cm³/mol. The van der Waals surface area contributed by atoms with E-state index in [1.54, 1.807) is 0 Å². The first-order valence-corrected chi connectivity index (χ1v) is 8.04. The van der Waals surface area contributed by atoms with Crippen LogP contribution in [0.2, 0.25) is 0 Å². The lowest BCUT2D eigenvalue weighted by Crippen LogP contribution is -2.47. The quantitative estimate of drug-likeness (QED) is 0.676. The maximum Gasteiger partial charge on any atom is 0.335 e. The number of esters is 1. The molecule has 0 fully saturated rings. The van der Waals surface area contributed by atoms with Gasteiger partial charge in [-0.3, -0.25) is 4.79 Å². The van der Waals surface area contributed by atoms with E-state index in [1.165, 1.54) is 7.11 Å². The number of hydrogen-bond donors (Lipinski definition) is 3. The molecule has 0 unspecified atom stereocenters. The van der Waals surface area contributed by atoms with Crippen LogP contribution in [-0.4, -0.2) is 30.0 Å². The largest absolute Gasteiger partial charge is 0.467 e. The van der Waals surface area contributed by atoms with Gasteiger partial charge in [0.2, 0.25) is 5.91 Å². The summed E-state index contributed by atoms with van der Waals surface area (Å²) in [5.41, 5.74) is 8.01. The summed E-state index contributed by atoms with van der Waals surface area (Å²) in [7, 11) is 1.29. The molecule has 0 bridgehead atoms. The maximum atomic E-state index is 12.4. The van der Waals surface area contributed by atoms with Gasteiger partial charge in [-0.05, 0) is 24.0 Å². The number of ether oxygens (including phenoxy) is 1. The van der Waals surface area contributed by atoms with Gasteiger partial charge >= 0.3 is 5.97 Å². The number of carbonyl (C=O) groups excluding carboxylic acids is 2. The second-order valence-corrected chi connectivity index (χ2v) is 5.87. The second-order valence-electron chi connectivity index (χ2n) is 5.87. The Morgan fingerprint density at radius 1 is 1.33 bits per heavy atom. The molecular formula is C18H24N3O3. The highest BCUT2D eigenvalue weighted by Crippen LogP contribution is 2.20. The van der Waals surface area contributed by atoms with E-state index in [0.717, 1.165) is 16.5 Å². The van der Waals surface area contributed by atoms with E-state index in [9.17, 15) is 9.59 Å². The van der Waals surface area contributed by atoms with Crippen molar-refractivity contribution in [2.24, 2.45) is 11.7 Å². The summed E-state index contributed by atoms with van der Waals surface area (Å²) in [6.45, 7) is 3.79. The minimum Gasteiger partial charge on any atom is -0.467 e. The van der Waals surface area contributed by atoms with Gasteiger partial charge in [0.15, 0.2) is 6.04 Å². The average Bonchev–Trinajstić information content (AvgIpc) is 3.01. The van der Waals surface area contributed by atoms with Gasteiger partial charge in [0.25, 0.3) is 0 Å². The molecule has 2 aromatic rings. The van der Waals surface area contributed by atoms with Crippen LogP contribution in [-0.2, 0) is 20.7 Å². The minimum atomic E-state index is -0.757. The van der Waals surface area contributed by atoms with Gasteiger partial charge in [-0.1, -0.05) is 38.5 Å². The molecule has 0 saturated heterocycles. The molecule has 1 heterocycles. The van der Waals surface area contributed by atoms with Gasteiger partial charge < -0.3 is 20.8 Å². The molecule has 0 spiro atoms. The number of H-pyrrole nitrogens is 1. The third-order valence-electron chi connectivity index (χ3n) is 4.22. The Morgan fingerprint density at radius 2 is 2.04 bits per heavy atom. The van der Waals surface area contributed by atoms with E-state index in [4.69, 9.17) is 10.5 Å². The number of nitrogens with one attached hydrogen (secondary N) is 2. The Morgan fingerprint density at radius 3 is 2.71 bits per heavy atom. The fourth-order valence-corrected chi connectivity index (χ4v) is 2.55. The van der Waals surface area contributed by atoms with Gasteiger partial charge in [0, 0.05) is 17.1 Å². The molecule has 24 heavy (non-hydrogen) atoms. The second kappa shape index (κ2) is 7.97. The lowest BCUT2D eigenvalue weighted by molar-refractivity contribution is -0.141. The van der Waals surface area contributed by atoms with Crippen LogP contribution in [0, 0.1) is 12.0 Å². The highest BCUT2D eigenvalue weighted by atomic mass is 16.5. The first kappa shape index (κ1) is 18.0. The van der Waals surface area contributed by atoms with Crippen LogP contribution in [0.25, 0.3) is 10.9 Å². The van der Waals surface area contributed by atoms with Crippen molar-refractivity contribution in [3.8, 4) is 0 Å². The van der Waals surface area contributed by atoms with E-state index in [0.29, 0.717) is 12.8 Å². The summed E-state index contributed by atoms with van der Waals surface area (Å²) in [6.07, 6.45) is 2.95. The van der Waals surface area contributed by atoms with E-state index in [-0.39, 0.29) is 17.9 Å². The number of methoxy groups -OCH3 is 1. The SMILES string of the molecule is CC[C@H](C)[C](NC(=O)[C@@H](N)Cc1c[nH]c2ccccc12)C(=O)OC. The smallest absolute Gasteiger partial charge is 0.335 e. The fourth-order valence-electron chi connectivity index (χ4n) is 2.55. The number of aromatic nitrogens is 1. The Hall–Kier alpha value is -2.34. The fraction of sp³-hybridized carbons (Fsp3) is 0.389. The molecule has 0 aliphatic heterocycles. The molecule has 1 aromatic carbocycles. The number of fused-ring (bicyclic) bond motifs is 1. The number of rotatable bonds is 7. The summed E-state index contributed by atoms with van der Waals surface area (Å²) in [5.74, 6) is -1.03. The van der Waals surface area contributed by atoms with Gasteiger partial charge in [0.1, 0.15) is 0 Å². The maximum absolute atomic E-state index is 12.4. The average molecular weight is 330 g/mol. The first-order valence-electron chi connectivity index (χ1n) is 8.04. The zero-order chi connectivity index (χ0) is 17.7. The standard InChI is InChI=1S/C18H24N3O3/c1-4-11(2)16(18(23)24-3)21-17(22)14(19)9-12-10-20-15-8-6-5-7-13(12)15/h5-8,10-11,14,20H,4,9,19H2,1-3H3,(H,21,22)/t11-,14-/m0/s1. The number of para-hydroxylation sites is 1. The molecule has 0 aliphatic carbocycles. The van der Waals surface area contributed by atoms with Crippen molar-refractivity contribution in [2.45, 2.75) is 32.7 Å².